The second-order valence-electron chi connectivity index (χ2n) is 10.5. The van der Waals surface area contributed by atoms with Crippen molar-refractivity contribution in [3.8, 4) is 11.8 Å². The Morgan fingerprint density at radius 3 is 2.58 bits per heavy atom. The lowest BCUT2D eigenvalue weighted by atomic mass is 10.0. The number of hydrogen-bond donors (Lipinski definition) is 1. The van der Waals surface area contributed by atoms with Crippen molar-refractivity contribution in [3.05, 3.63) is 86.1 Å². The molecule has 5 rings (SSSR count). The zero-order chi connectivity index (χ0) is 31.1. The Morgan fingerprint density at radius 1 is 1.12 bits per heavy atom. The van der Waals surface area contributed by atoms with Crippen LogP contribution >= 0.6 is 11.8 Å². The van der Waals surface area contributed by atoms with Gasteiger partial charge in [-0.15, -0.1) is 11.8 Å². The molecule has 0 saturated carbocycles. The summed E-state index contributed by atoms with van der Waals surface area (Å²) in [5, 5.41) is 19.7. The van der Waals surface area contributed by atoms with E-state index in [1.807, 2.05) is 26.0 Å². The Kier molecular flexibility index (Phi) is 8.25. The highest BCUT2D eigenvalue weighted by molar-refractivity contribution is 7.99. The highest BCUT2D eigenvalue weighted by atomic mass is 32.2. The molecule has 1 atom stereocenters. The van der Waals surface area contributed by atoms with E-state index in [1.165, 1.54) is 21.1 Å². The molecule has 1 fully saturated rings. The van der Waals surface area contributed by atoms with Crippen LogP contribution in [-0.4, -0.2) is 61.7 Å². The molecule has 13 heteroatoms. The van der Waals surface area contributed by atoms with Gasteiger partial charge in [-0.2, -0.15) is 23.4 Å². The molecule has 0 bridgehead atoms. The van der Waals surface area contributed by atoms with Gasteiger partial charge in [0.05, 0.1) is 23.2 Å². The van der Waals surface area contributed by atoms with E-state index >= 15 is 0 Å². The molecule has 224 valence electrons. The van der Waals surface area contributed by atoms with Gasteiger partial charge in [0.1, 0.15) is 5.82 Å². The zero-order valence-corrected chi connectivity index (χ0v) is 24.3. The molecule has 3 aromatic rings. The number of thioether (sulfide) groups is 1. The number of halogens is 3. The molecule has 0 aliphatic carbocycles. The van der Waals surface area contributed by atoms with Crippen molar-refractivity contribution in [1.29, 1.82) is 5.26 Å². The third-order valence-corrected chi connectivity index (χ3v) is 8.86. The third kappa shape index (κ3) is 5.84. The second-order valence-corrected chi connectivity index (χ2v) is 11.7. The number of aromatic nitrogens is 2. The van der Waals surface area contributed by atoms with Crippen LogP contribution in [0.15, 0.2) is 46.1 Å². The average molecular weight is 612 g/mol. The minimum Gasteiger partial charge on any atom is -0.501 e. The summed E-state index contributed by atoms with van der Waals surface area (Å²) >= 11 is 1.59. The number of carbonyl (C=O) groups excluding carboxylic acids is 2. The lowest BCUT2D eigenvalue weighted by Crippen LogP contribution is -2.45. The lowest BCUT2D eigenvalue weighted by Gasteiger charge is -2.34. The topological polar surface area (TPSA) is 120 Å². The fraction of sp³-hybridized carbons (Fsp3) is 0.367. The molecule has 2 aliphatic heterocycles. The first kappa shape index (κ1) is 30.2. The smallest absolute Gasteiger partial charge is 0.417 e. The van der Waals surface area contributed by atoms with Crippen molar-refractivity contribution in [2.24, 2.45) is 0 Å². The summed E-state index contributed by atoms with van der Waals surface area (Å²) < 4.78 is 42.1. The van der Waals surface area contributed by atoms with Crippen LogP contribution in [0.3, 0.4) is 0 Å². The average Bonchev–Trinajstić information content (AvgIpc) is 3.46. The number of fused-ring (bicyclic) bond motifs is 1. The summed E-state index contributed by atoms with van der Waals surface area (Å²) in [5.74, 6) is -1.35. The van der Waals surface area contributed by atoms with Gasteiger partial charge in [-0.05, 0) is 68.1 Å². The Morgan fingerprint density at radius 2 is 1.88 bits per heavy atom. The van der Waals surface area contributed by atoms with E-state index in [1.54, 1.807) is 16.7 Å². The minimum absolute atomic E-state index is 0.103. The van der Waals surface area contributed by atoms with Gasteiger partial charge in [-0.3, -0.25) is 14.4 Å². The van der Waals surface area contributed by atoms with Gasteiger partial charge in [0, 0.05) is 42.4 Å². The number of aromatic hydroxyl groups is 1. The van der Waals surface area contributed by atoms with E-state index in [0.717, 1.165) is 22.6 Å². The zero-order valence-electron chi connectivity index (χ0n) is 23.4. The van der Waals surface area contributed by atoms with Crippen molar-refractivity contribution in [2.75, 3.05) is 25.4 Å². The van der Waals surface area contributed by atoms with Crippen LogP contribution < -0.4 is 5.56 Å². The number of carbonyl (C=O) groups is 2. The second kappa shape index (κ2) is 11.8. The van der Waals surface area contributed by atoms with Crippen LogP contribution in [0.1, 0.15) is 67.8 Å². The SMILES string of the molecule is Cc1ccc(SCCN2CCn3c(C4CCCN4C(=O)c4ccc(C#N)c(C(F)(F)F)c4)nc(=O)c(O)c3C2=O)cc1C. The maximum Gasteiger partial charge on any atom is 0.417 e. The van der Waals surface area contributed by atoms with Gasteiger partial charge in [0.15, 0.2) is 5.69 Å². The van der Waals surface area contributed by atoms with E-state index in [9.17, 15) is 32.7 Å². The van der Waals surface area contributed by atoms with Crippen LogP contribution in [0.2, 0.25) is 0 Å². The summed E-state index contributed by atoms with van der Waals surface area (Å²) in [6, 6.07) is 9.59. The molecule has 0 radical (unpaired) electrons. The molecule has 9 nitrogen and oxygen atoms in total. The predicted octanol–water partition coefficient (Wildman–Crippen LogP) is 4.68. The van der Waals surface area contributed by atoms with Gasteiger partial charge in [-0.1, -0.05) is 6.07 Å². The van der Waals surface area contributed by atoms with Gasteiger partial charge in [-0.25, -0.2) is 0 Å². The van der Waals surface area contributed by atoms with Gasteiger partial charge < -0.3 is 19.5 Å². The highest BCUT2D eigenvalue weighted by Gasteiger charge is 2.39. The van der Waals surface area contributed by atoms with Crippen LogP contribution in [-0.2, 0) is 12.7 Å². The molecule has 2 aliphatic rings. The quantitative estimate of drug-likeness (QED) is 0.402. The van der Waals surface area contributed by atoms with Crippen molar-refractivity contribution in [3.63, 3.8) is 0 Å². The van der Waals surface area contributed by atoms with Gasteiger partial charge >= 0.3 is 11.7 Å². The lowest BCUT2D eigenvalue weighted by molar-refractivity contribution is -0.137. The fourth-order valence-electron chi connectivity index (χ4n) is 5.47. The summed E-state index contributed by atoms with van der Waals surface area (Å²) in [4.78, 5) is 47.6. The molecule has 0 spiro atoms. The Labute approximate surface area is 249 Å². The van der Waals surface area contributed by atoms with E-state index in [-0.39, 0.29) is 36.7 Å². The molecule has 1 N–H and O–H groups in total. The summed E-state index contributed by atoms with van der Waals surface area (Å²) in [6.45, 7) is 5.10. The Bertz CT molecular complexity index is 1720. The van der Waals surface area contributed by atoms with Gasteiger partial charge in [0.2, 0.25) is 5.75 Å². The Hall–Kier alpha value is -4.31. The number of likely N-dealkylation sites (tertiary alicyclic amines) is 1. The summed E-state index contributed by atoms with van der Waals surface area (Å²) in [6.07, 6.45) is -3.99. The molecule has 2 amide bonds. The number of nitrogens with zero attached hydrogens (tertiary/aromatic N) is 5. The van der Waals surface area contributed by atoms with E-state index < -0.39 is 46.5 Å². The normalized spacial score (nSPS) is 16.7. The van der Waals surface area contributed by atoms with E-state index in [4.69, 9.17) is 5.26 Å². The van der Waals surface area contributed by atoms with Gasteiger partial charge in [0.25, 0.3) is 11.8 Å². The van der Waals surface area contributed by atoms with Crippen LogP contribution in [0, 0.1) is 25.2 Å². The van der Waals surface area contributed by atoms with E-state index in [0.29, 0.717) is 31.2 Å². The first-order valence-electron chi connectivity index (χ1n) is 13.7. The highest BCUT2D eigenvalue weighted by Crippen LogP contribution is 2.36. The van der Waals surface area contributed by atoms with Crippen LogP contribution in [0.4, 0.5) is 13.2 Å². The molecule has 1 unspecified atom stereocenters. The van der Waals surface area contributed by atoms with Crippen LogP contribution in [0.25, 0.3) is 0 Å². The van der Waals surface area contributed by atoms with Crippen LogP contribution in [0.5, 0.6) is 5.75 Å². The summed E-state index contributed by atoms with van der Waals surface area (Å²) in [5.41, 5.74) is -0.957. The molecule has 1 saturated heterocycles. The monoisotopic (exact) mass is 611 g/mol. The van der Waals surface area contributed by atoms with Crippen molar-refractivity contribution in [1.82, 2.24) is 19.4 Å². The standard InChI is InChI=1S/C30H28F3N5O4S/c1-17-5-8-21(14-18(17)2)43-13-12-36-10-11-38-24(29(36)42)25(39)27(40)35-26(38)23-4-3-9-37(23)28(41)19-6-7-20(16-34)22(15-19)30(31,32)33/h5-8,14-15,23,39H,3-4,9-13H2,1-2H3. The number of aryl methyl sites for hydroxylation is 2. The number of hydrogen-bond acceptors (Lipinski definition) is 7. The first-order chi connectivity index (χ1) is 20.4. The first-order valence-corrected chi connectivity index (χ1v) is 14.6. The number of rotatable bonds is 6. The third-order valence-electron chi connectivity index (χ3n) is 7.89. The molecular formula is C30H28F3N5O4S. The summed E-state index contributed by atoms with van der Waals surface area (Å²) in [7, 11) is 0. The largest absolute Gasteiger partial charge is 0.501 e. The van der Waals surface area contributed by atoms with Crippen molar-refractivity contribution >= 4 is 23.6 Å². The van der Waals surface area contributed by atoms with Crippen molar-refractivity contribution in [2.45, 2.75) is 50.3 Å². The molecule has 3 heterocycles. The number of benzene rings is 2. The molecular weight excluding hydrogens is 583 g/mol. The minimum atomic E-state index is -4.83. The maximum atomic E-state index is 13.5. The maximum absolute atomic E-state index is 13.5. The number of nitriles is 1. The molecule has 2 aromatic carbocycles. The van der Waals surface area contributed by atoms with Crippen molar-refractivity contribution < 1.29 is 27.9 Å². The van der Waals surface area contributed by atoms with E-state index in [2.05, 4.69) is 11.1 Å². The Balaban J connectivity index is 1.40. The number of alkyl halides is 3. The molecule has 1 aromatic heterocycles. The number of amides is 2. The fourth-order valence-corrected chi connectivity index (χ4v) is 6.45. The molecule has 43 heavy (non-hydrogen) atoms. The predicted molar refractivity (Wildman–Crippen MR) is 152 cm³/mol.